The molecule has 0 radical (unpaired) electrons. The molecule has 4 aromatic carbocycles. The van der Waals surface area contributed by atoms with Crippen LogP contribution in [0.15, 0.2) is 97.2 Å². The Balaban J connectivity index is 1.27. The minimum Gasteiger partial charge on any atom is -0.478 e. The first kappa shape index (κ1) is 41.2. The Morgan fingerprint density at radius 1 is 0.933 bits per heavy atom. The highest BCUT2D eigenvalue weighted by atomic mass is 35.5. The van der Waals surface area contributed by atoms with Gasteiger partial charge in [0.25, 0.3) is 5.91 Å². The highest BCUT2D eigenvalue weighted by Crippen LogP contribution is 2.46. The first-order valence-electron chi connectivity index (χ1n) is 19.8. The van der Waals surface area contributed by atoms with Gasteiger partial charge < -0.3 is 34.8 Å². The molecule has 8 rings (SSSR count). The average Bonchev–Trinajstić information content (AvgIpc) is 3.50. The van der Waals surface area contributed by atoms with Crippen LogP contribution in [0.25, 0.3) is 22.2 Å². The third kappa shape index (κ3) is 7.93. The largest absolute Gasteiger partial charge is 0.478 e. The number of ether oxygens (including phenoxy) is 1. The lowest BCUT2D eigenvalue weighted by Gasteiger charge is -2.41. The molecule has 310 valence electrons. The molecule has 3 aliphatic rings. The molecule has 2 fully saturated rings. The van der Waals surface area contributed by atoms with Gasteiger partial charge in [0.1, 0.15) is 5.69 Å². The van der Waals surface area contributed by atoms with E-state index in [-0.39, 0.29) is 34.3 Å². The van der Waals surface area contributed by atoms with E-state index in [0.717, 1.165) is 17.6 Å². The fraction of sp³-hybridized carbons (Fsp3) is 0.267. The molecule has 0 bridgehead atoms. The van der Waals surface area contributed by atoms with E-state index in [1.54, 1.807) is 46.2 Å². The first-order valence-corrected chi connectivity index (χ1v) is 20.9. The molecule has 60 heavy (non-hydrogen) atoms. The van der Waals surface area contributed by atoms with Gasteiger partial charge in [-0.25, -0.2) is 9.59 Å². The summed E-state index contributed by atoms with van der Waals surface area (Å²) in [5, 5.41) is 14.9. The number of nitrogens with zero attached hydrogens (tertiary/aromatic N) is 3. The molecule has 2 saturated heterocycles. The van der Waals surface area contributed by atoms with Crippen LogP contribution in [0.2, 0.25) is 15.1 Å². The van der Waals surface area contributed by atoms with Crippen molar-refractivity contribution >= 4 is 86.3 Å². The number of halogens is 3. The topological polar surface area (TPSA) is 170 Å². The van der Waals surface area contributed by atoms with Crippen molar-refractivity contribution < 1.29 is 24.2 Å². The van der Waals surface area contributed by atoms with Crippen LogP contribution >= 0.6 is 34.8 Å². The van der Waals surface area contributed by atoms with Crippen LogP contribution in [0.5, 0.6) is 0 Å². The van der Waals surface area contributed by atoms with Crippen LogP contribution in [0.3, 0.4) is 0 Å². The quantitative estimate of drug-likeness (QED) is 0.0906. The van der Waals surface area contributed by atoms with E-state index in [1.807, 2.05) is 48.7 Å². The third-order valence-electron chi connectivity index (χ3n) is 11.5. The van der Waals surface area contributed by atoms with Gasteiger partial charge in [0.15, 0.2) is 5.79 Å². The van der Waals surface area contributed by atoms with Crippen molar-refractivity contribution in [3.8, 4) is 0 Å². The molecule has 0 saturated carbocycles. The maximum absolute atomic E-state index is 15.1. The Hall–Kier alpha value is -5.50. The standard InChI is InChI=1S/C45H44Cl3N7O5/c1-26-7-5-19-55(45(49,50)33-14-12-29(46)24-34(33)48)41(38(26)27-8-3-2-4-9-27)39-32-13-11-30(47)25-35(32)51-40(39)42(56)52-36-23-28(43(57)58)10-15-37(36)53-20-16-31(17-21-53)54-18-6-22-60-44(54)59/h2-5,8-15,19,23-26,31,51H,6-7,16-18,20-22,49-50H2,1H3,(H,52,56)(H,57,58). The number of nitrogens with one attached hydrogen (secondary N) is 2. The summed E-state index contributed by atoms with van der Waals surface area (Å²) < 4.78 is 5.30. The van der Waals surface area contributed by atoms with Gasteiger partial charge in [0.2, 0.25) is 0 Å². The molecule has 1 unspecified atom stereocenters. The number of fused-ring (bicyclic) bond motifs is 1. The number of H-pyrrole nitrogens is 1. The summed E-state index contributed by atoms with van der Waals surface area (Å²) in [6, 6.07) is 24.8. The number of aromatic amines is 1. The Morgan fingerprint density at radius 3 is 2.38 bits per heavy atom. The number of cyclic esters (lactones) is 1. The van der Waals surface area contributed by atoms with Crippen molar-refractivity contribution in [1.82, 2.24) is 14.8 Å². The Kier molecular flexibility index (Phi) is 11.6. The number of carboxylic acids is 1. The van der Waals surface area contributed by atoms with Crippen molar-refractivity contribution in [3.63, 3.8) is 0 Å². The lowest BCUT2D eigenvalue weighted by molar-refractivity contribution is 0.0499. The summed E-state index contributed by atoms with van der Waals surface area (Å²) in [7, 11) is 0. The molecule has 12 nitrogen and oxygen atoms in total. The SMILES string of the molecule is CC1CC=CN(C(N)(N)c2ccc(Cl)cc2Cl)C(c2c(C(=O)Nc3cc(C(=O)O)ccc3N3CCC(N4CCCOC4=O)CC3)[nH]c3cc(Cl)ccc23)=C1c1ccccc1. The van der Waals surface area contributed by atoms with E-state index in [9.17, 15) is 14.7 Å². The molecular formula is C45H44Cl3N7O5. The number of hydrogen-bond donors (Lipinski definition) is 5. The second-order valence-electron chi connectivity index (χ2n) is 15.4. The zero-order chi connectivity index (χ0) is 42.3. The number of nitrogens with two attached hydrogens (primary N) is 2. The minimum absolute atomic E-state index is 0.00233. The van der Waals surface area contributed by atoms with Crippen LogP contribution in [0.4, 0.5) is 16.2 Å². The average molecular weight is 869 g/mol. The molecule has 5 aromatic rings. The lowest BCUT2D eigenvalue weighted by Crippen LogP contribution is -2.57. The predicted molar refractivity (Wildman–Crippen MR) is 237 cm³/mol. The minimum atomic E-state index is -1.78. The van der Waals surface area contributed by atoms with Gasteiger partial charge >= 0.3 is 12.1 Å². The normalized spacial score (nSPS) is 17.9. The number of amides is 2. The van der Waals surface area contributed by atoms with E-state index in [4.69, 9.17) is 51.0 Å². The fourth-order valence-corrected chi connectivity index (χ4v) is 9.34. The molecule has 15 heteroatoms. The molecule has 0 aliphatic carbocycles. The number of anilines is 2. The van der Waals surface area contributed by atoms with E-state index in [2.05, 4.69) is 22.1 Å². The molecular weight excluding hydrogens is 825 g/mol. The number of piperidine rings is 1. The second kappa shape index (κ2) is 16.9. The predicted octanol–water partition coefficient (Wildman–Crippen LogP) is 9.34. The second-order valence-corrected chi connectivity index (χ2v) is 16.7. The van der Waals surface area contributed by atoms with Gasteiger partial charge in [-0.1, -0.05) is 90.3 Å². The van der Waals surface area contributed by atoms with Crippen LogP contribution in [0.1, 0.15) is 70.1 Å². The smallest absolute Gasteiger partial charge is 0.410 e. The summed E-state index contributed by atoms with van der Waals surface area (Å²) in [5.74, 6) is -3.56. The van der Waals surface area contributed by atoms with Crippen molar-refractivity contribution in [2.75, 3.05) is 36.5 Å². The fourth-order valence-electron chi connectivity index (χ4n) is 8.61. The number of carbonyl (C=O) groups is 3. The summed E-state index contributed by atoms with van der Waals surface area (Å²) >= 11 is 19.7. The van der Waals surface area contributed by atoms with Crippen molar-refractivity contribution in [2.24, 2.45) is 17.4 Å². The molecule has 0 spiro atoms. The third-order valence-corrected chi connectivity index (χ3v) is 12.3. The van der Waals surface area contributed by atoms with Gasteiger partial charge in [-0.15, -0.1) is 0 Å². The zero-order valence-electron chi connectivity index (χ0n) is 32.8. The molecule has 7 N–H and O–H groups in total. The molecule has 3 aliphatic heterocycles. The number of benzene rings is 4. The van der Waals surface area contributed by atoms with Gasteiger partial charge in [-0.2, -0.15) is 0 Å². The van der Waals surface area contributed by atoms with Crippen LogP contribution in [-0.2, 0) is 10.5 Å². The highest BCUT2D eigenvalue weighted by molar-refractivity contribution is 6.35. The molecule has 1 aromatic heterocycles. The highest BCUT2D eigenvalue weighted by Gasteiger charge is 2.39. The maximum atomic E-state index is 15.1. The van der Waals surface area contributed by atoms with E-state index >= 15 is 4.79 Å². The molecule has 2 amide bonds. The molecule has 4 heterocycles. The number of rotatable bonds is 9. The van der Waals surface area contributed by atoms with Crippen LogP contribution in [0, 0.1) is 5.92 Å². The molecule has 1 atom stereocenters. The van der Waals surface area contributed by atoms with Gasteiger partial charge in [-0.3, -0.25) is 16.3 Å². The van der Waals surface area contributed by atoms with Crippen molar-refractivity contribution in [1.29, 1.82) is 0 Å². The lowest BCUT2D eigenvalue weighted by atomic mass is 9.86. The number of aromatic nitrogens is 1. The van der Waals surface area contributed by atoms with Crippen molar-refractivity contribution in [3.05, 3.63) is 140 Å². The number of carboxylic acid groups (broad SMARTS) is 1. The van der Waals surface area contributed by atoms with Crippen molar-refractivity contribution in [2.45, 2.75) is 44.4 Å². The van der Waals surface area contributed by atoms with Crippen LogP contribution < -0.4 is 21.7 Å². The Bertz CT molecular complexity index is 2550. The van der Waals surface area contributed by atoms with Gasteiger partial charge in [-0.05, 0) is 85.2 Å². The Morgan fingerprint density at radius 2 is 1.67 bits per heavy atom. The number of aromatic carboxylic acids is 1. The van der Waals surface area contributed by atoms with Crippen LogP contribution in [-0.4, -0.2) is 70.1 Å². The van der Waals surface area contributed by atoms with E-state index in [1.165, 1.54) is 12.1 Å². The maximum Gasteiger partial charge on any atom is 0.410 e. The number of hydrogen-bond acceptors (Lipinski definition) is 8. The Labute approximate surface area is 362 Å². The number of allylic oxidation sites excluding steroid dienone is 2. The number of carbonyl (C=O) groups excluding carboxylic acids is 2. The van der Waals surface area contributed by atoms with Gasteiger partial charge in [0, 0.05) is 64.0 Å². The monoisotopic (exact) mass is 867 g/mol. The van der Waals surface area contributed by atoms with E-state index < -0.39 is 17.7 Å². The summed E-state index contributed by atoms with van der Waals surface area (Å²) in [5.41, 5.74) is 19.3. The van der Waals surface area contributed by atoms with Gasteiger partial charge in [0.05, 0.1) is 34.3 Å². The summed E-state index contributed by atoms with van der Waals surface area (Å²) in [6.07, 6.45) is 6.26. The van der Waals surface area contributed by atoms with E-state index in [0.29, 0.717) is 94.7 Å². The summed E-state index contributed by atoms with van der Waals surface area (Å²) in [4.78, 5) is 49.0. The summed E-state index contributed by atoms with van der Waals surface area (Å²) in [6.45, 7) is 4.30. The first-order chi connectivity index (χ1) is 28.8. The zero-order valence-corrected chi connectivity index (χ0v) is 35.0.